The number of aromatic amines is 1. The Kier molecular flexibility index (Phi) is 3.73. The summed E-state index contributed by atoms with van der Waals surface area (Å²) in [6.07, 6.45) is 3.38. The number of benzene rings is 1. The third-order valence-electron chi connectivity index (χ3n) is 3.44. The number of H-pyrrole nitrogens is 1. The van der Waals surface area contributed by atoms with Crippen LogP contribution in [0.15, 0.2) is 52.7 Å². The third kappa shape index (κ3) is 2.98. The molecule has 10 heteroatoms. The Morgan fingerprint density at radius 3 is 3.00 bits per heavy atom. The van der Waals surface area contributed by atoms with Crippen LogP contribution < -0.4 is 11.3 Å². The molecule has 1 aromatic carbocycles. The molecule has 0 fully saturated rings. The maximum Gasteiger partial charge on any atom is 0.274 e. The molecule has 3 aromatic heterocycles. The fraction of sp³-hybridized carbons (Fsp3) is 0.0667. The number of hydrogen-bond donors (Lipinski definition) is 2. The van der Waals surface area contributed by atoms with Crippen molar-refractivity contribution in [1.82, 2.24) is 29.1 Å². The van der Waals surface area contributed by atoms with Gasteiger partial charge in [-0.05, 0) is 18.2 Å². The van der Waals surface area contributed by atoms with E-state index >= 15 is 0 Å². The summed E-state index contributed by atoms with van der Waals surface area (Å²) in [4.78, 5) is 24.6. The van der Waals surface area contributed by atoms with Crippen LogP contribution in [0.2, 0.25) is 0 Å². The number of nitrogens with two attached hydrogens (primary N) is 1. The lowest BCUT2D eigenvalue weighted by atomic mass is 10.3. The number of nitrogens with one attached hydrogen (secondary N) is 1. The number of imidazole rings is 1. The number of nitrogen functional groups attached to an aromatic ring is 1. The summed E-state index contributed by atoms with van der Waals surface area (Å²) in [7, 11) is 0. The molecular weight excluding hydrogens is 345 g/mol. The monoisotopic (exact) mass is 357 g/mol. The predicted octanol–water partition coefficient (Wildman–Crippen LogP) is 1.62. The van der Waals surface area contributed by atoms with Gasteiger partial charge in [0, 0.05) is 24.2 Å². The van der Waals surface area contributed by atoms with Crippen LogP contribution in [-0.2, 0) is 5.75 Å². The summed E-state index contributed by atoms with van der Waals surface area (Å²) in [6, 6.07) is 7.65. The van der Waals surface area contributed by atoms with Crippen molar-refractivity contribution in [3.05, 3.63) is 64.6 Å². The van der Waals surface area contributed by atoms with Crippen molar-refractivity contribution in [2.45, 2.75) is 10.9 Å². The average Bonchev–Trinajstić information content (AvgIpc) is 3.19. The molecule has 4 rings (SSSR count). The minimum absolute atomic E-state index is 0.121. The minimum atomic E-state index is -0.321. The SMILES string of the molecule is Nc1nc2nc(CSc3nccn3-c3cccc(F)c3)cc(=O)n2[nH]1. The zero-order valence-electron chi connectivity index (χ0n) is 12.8. The van der Waals surface area contributed by atoms with Gasteiger partial charge in [0.2, 0.25) is 5.95 Å². The molecule has 0 saturated carbocycles. The lowest BCUT2D eigenvalue weighted by molar-refractivity contribution is 0.626. The Morgan fingerprint density at radius 2 is 2.16 bits per heavy atom. The maximum absolute atomic E-state index is 13.4. The molecule has 25 heavy (non-hydrogen) atoms. The van der Waals surface area contributed by atoms with Crippen LogP contribution in [0.25, 0.3) is 11.5 Å². The van der Waals surface area contributed by atoms with Crippen molar-refractivity contribution in [1.29, 1.82) is 0 Å². The number of halogens is 1. The van der Waals surface area contributed by atoms with Crippen molar-refractivity contribution in [3.63, 3.8) is 0 Å². The van der Waals surface area contributed by atoms with Gasteiger partial charge in [0.05, 0.1) is 11.4 Å². The molecule has 0 aliphatic carbocycles. The minimum Gasteiger partial charge on any atom is -0.368 e. The number of hydrogen-bond acceptors (Lipinski definition) is 6. The molecule has 0 radical (unpaired) electrons. The van der Waals surface area contributed by atoms with E-state index in [4.69, 9.17) is 5.73 Å². The van der Waals surface area contributed by atoms with Crippen LogP contribution >= 0.6 is 11.8 Å². The standard InChI is InChI=1S/C15H12FN7OS/c16-9-2-1-3-11(6-9)22-5-4-18-15(22)25-8-10-7-12(24)23-14(19-10)20-13(17)21-23/h1-7H,8H2,(H3,17,19,20,21). The Bertz CT molecular complexity index is 1120. The Morgan fingerprint density at radius 1 is 1.28 bits per heavy atom. The predicted molar refractivity (Wildman–Crippen MR) is 91.1 cm³/mol. The van der Waals surface area contributed by atoms with E-state index in [1.54, 1.807) is 29.1 Å². The average molecular weight is 357 g/mol. The first kappa shape index (κ1) is 15.4. The van der Waals surface area contributed by atoms with Gasteiger partial charge in [-0.3, -0.25) is 14.5 Å². The van der Waals surface area contributed by atoms with Gasteiger partial charge >= 0.3 is 0 Å². The molecule has 8 nitrogen and oxygen atoms in total. The van der Waals surface area contributed by atoms with E-state index in [0.717, 1.165) is 0 Å². The second-order valence-electron chi connectivity index (χ2n) is 5.18. The lowest BCUT2D eigenvalue weighted by Gasteiger charge is -2.07. The third-order valence-corrected chi connectivity index (χ3v) is 4.44. The van der Waals surface area contributed by atoms with Crippen LogP contribution in [0.4, 0.5) is 10.3 Å². The van der Waals surface area contributed by atoms with Gasteiger partial charge in [-0.15, -0.1) is 0 Å². The summed E-state index contributed by atoms with van der Waals surface area (Å²) < 4.78 is 16.4. The Labute approximate surface area is 144 Å². The van der Waals surface area contributed by atoms with Crippen LogP contribution in [0.1, 0.15) is 5.69 Å². The highest BCUT2D eigenvalue weighted by molar-refractivity contribution is 7.98. The van der Waals surface area contributed by atoms with Crippen LogP contribution in [0.3, 0.4) is 0 Å². The largest absolute Gasteiger partial charge is 0.368 e. The summed E-state index contributed by atoms with van der Waals surface area (Å²) in [5.74, 6) is 0.425. The van der Waals surface area contributed by atoms with E-state index in [-0.39, 0.29) is 23.1 Å². The normalized spacial score (nSPS) is 11.2. The summed E-state index contributed by atoms with van der Waals surface area (Å²) in [6.45, 7) is 0. The first-order valence-corrected chi connectivity index (χ1v) is 8.25. The molecule has 0 unspecified atom stereocenters. The van der Waals surface area contributed by atoms with E-state index in [0.29, 0.717) is 22.3 Å². The highest BCUT2D eigenvalue weighted by atomic mass is 32.2. The van der Waals surface area contributed by atoms with Gasteiger partial charge in [-0.1, -0.05) is 17.8 Å². The van der Waals surface area contributed by atoms with Gasteiger partial charge in [0.15, 0.2) is 5.16 Å². The molecule has 0 amide bonds. The lowest BCUT2D eigenvalue weighted by Crippen LogP contribution is -2.15. The topological polar surface area (TPSA) is 107 Å². The van der Waals surface area contributed by atoms with Crippen LogP contribution in [-0.4, -0.2) is 29.1 Å². The highest BCUT2D eigenvalue weighted by Crippen LogP contribution is 2.23. The van der Waals surface area contributed by atoms with Crippen LogP contribution in [0.5, 0.6) is 0 Å². The summed E-state index contributed by atoms with van der Waals surface area (Å²) in [5, 5.41) is 3.27. The fourth-order valence-electron chi connectivity index (χ4n) is 2.38. The van der Waals surface area contributed by atoms with E-state index < -0.39 is 0 Å². The first-order valence-electron chi connectivity index (χ1n) is 7.26. The van der Waals surface area contributed by atoms with Crippen molar-refractivity contribution in [2.75, 3.05) is 5.73 Å². The van der Waals surface area contributed by atoms with E-state index in [2.05, 4.69) is 20.1 Å². The fourth-order valence-corrected chi connectivity index (χ4v) is 3.24. The Hall–Kier alpha value is -3.14. The second kappa shape index (κ2) is 6.06. The number of thioether (sulfide) groups is 1. The van der Waals surface area contributed by atoms with Crippen molar-refractivity contribution >= 4 is 23.5 Å². The highest BCUT2D eigenvalue weighted by Gasteiger charge is 2.10. The molecule has 3 heterocycles. The number of aromatic nitrogens is 6. The zero-order chi connectivity index (χ0) is 17.4. The van der Waals surface area contributed by atoms with Gasteiger partial charge in [-0.25, -0.2) is 14.4 Å². The van der Waals surface area contributed by atoms with Crippen molar-refractivity contribution < 1.29 is 4.39 Å². The molecule has 0 spiro atoms. The second-order valence-corrected chi connectivity index (χ2v) is 6.12. The number of nitrogens with zero attached hydrogens (tertiary/aromatic N) is 5. The van der Waals surface area contributed by atoms with E-state index in [1.807, 2.05) is 0 Å². The zero-order valence-corrected chi connectivity index (χ0v) is 13.6. The van der Waals surface area contributed by atoms with Crippen LogP contribution in [0, 0.1) is 5.82 Å². The number of fused-ring (bicyclic) bond motifs is 1. The van der Waals surface area contributed by atoms with Gasteiger partial charge in [0.1, 0.15) is 5.82 Å². The molecule has 126 valence electrons. The van der Waals surface area contributed by atoms with Crippen molar-refractivity contribution in [2.24, 2.45) is 0 Å². The maximum atomic E-state index is 13.4. The molecule has 4 aromatic rings. The summed E-state index contributed by atoms with van der Waals surface area (Å²) >= 11 is 1.38. The quantitative estimate of drug-likeness (QED) is 0.538. The molecule has 3 N–H and O–H groups in total. The Balaban J connectivity index is 1.60. The molecule has 0 saturated heterocycles. The van der Waals surface area contributed by atoms with E-state index in [1.165, 1.54) is 34.5 Å². The van der Waals surface area contributed by atoms with Crippen molar-refractivity contribution in [3.8, 4) is 5.69 Å². The van der Waals surface area contributed by atoms with Gasteiger partial charge < -0.3 is 5.73 Å². The smallest absolute Gasteiger partial charge is 0.274 e. The summed E-state index contributed by atoms with van der Waals surface area (Å²) in [5.41, 5.74) is 6.47. The van der Waals surface area contributed by atoms with Gasteiger partial charge in [-0.2, -0.15) is 9.50 Å². The van der Waals surface area contributed by atoms with E-state index in [9.17, 15) is 9.18 Å². The molecule has 0 bridgehead atoms. The number of anilines is 1. The molecular formula is C15H12FN7OS. The molecule has 0 aliphatic rings. The first-order chi connectivity index (χ1) is 12.1. The number of rotatable bonds is 4. The molecule has 0 atom stereocenters. The van der Waals surface area contributed by atoms with Gasteiger partial charge in [0.25, 0.3) is 11.3 Å². The molecule has 0 aliphatic heterocycles.